The van der Waals surface area contributed by atoms with Crippen LogP contribution in [0.5, 0.6) is 0 Å². The summed E-state index contributed by atoms with van der Waals surface area (Å²) in [7, 11) is 0. The van der Waals surface area contributed by atoms with Gasteiger partial charge < -0.3 is 20.3 Å². The van der Waals surface area contributed by atoms with Crippen LogP contribution in [0.4, 0.5) is 4.79 Å². The summed E-state index contributed by atoms with van der Waals surface area (Å²) in [5, 5.41) is 18.3. The highest BCUT2D eigenvalue weighted by Gasteiger charge is 2.31. The lowest BCUT2D eigenvalue weighted by atomic mass is 9.84. The van der Waals surface area contributed by atoms with Crippen LogP contribution in [0.15, 0.2) is 4.52 Å². The first-order chi connectivity index (χ1) is 10.1. The number of hydrogen-bond acceptors (Lipinski definition) is 5. The van der Waals surface area contributed by atoms with Gasteiger partial charge in [0.15, 0.2) is 5.82 Å². The van der Waals surface area contributed by atoms with Gasteiger partial charge in [0.25, 0.3) is 0 Å². The molecule has 8 nitrogen and oxygen atoms in total. The predicted molar refractivity (Wildman–Crippen MR) is 72.7 cm³/mol. The van der Waals surface area contributed by atoms with Crippen molar-refractivity contribution in [2.45, 2.75) is 45.1 Å². The first-order valence-corrected chi connectivity index (χ1v) is 7.12. The molecule has 0 aromatic carbocycles. The highest BCUT2D eigenvalue weighted by molar-refractivity contribution is 5.76. The quantitative estimate of drug-likeness (QED) is 0.742. The van der Waals surface area contributed by atoms with Gasteiger partial charge in [0.2, 0.25) is 5.89 Å². The summed E-state index contributed by atoms with van der Waals surface area (Å²) in [6.07, 6.45) is 3.62. The number of hydrogen-bond donors (Lipinski definition) is 3. The number of rotatable bonds is 5. The van der Waals surface area contributed by atoms with E-state index in [0.717, 1.165) is 12.8 Å². The fourth-order valence-electron chi connectivity index (χ4n) is 2.55. The molecule has 1 aliphatic carbocycles. The van der Waals surface area contributed by atoms with Crippen molar-refractivity contribution in [1.29, 1.82) is 0 Å². The Bertz CT molecular complexity index is 502. The summed E-state index contributed by atoms with van der Waals surface area (Å²) in [5.74, 6) is -0.318. The maximum atomic E-state index is 11.8. The molecule has 2 unspecified atom stereocenters. The van der Waals surface area contributed by atoms with Crippen molar-refractivity contribution < 1.29 is 19.2 Å². The van der Waals surface area contributed by atoms with E-state index >= 15 is 0 Å². The van der Waals surface area contributed by atoms with Gasteiger partial charge in [-0.3, -0.25) is 4.79 Å². The summed E-state index contributed by atoms with van der Waals surface area (Å²) < 4.78 is 4.83. The number of aryl methyl sites for hydroxylation is 1. The molecule has 0 spiro atoms. The van der Waals surface area contributed by atoms with E-state index in [4.69, 9.17) is 9.63 Å². The van der Waals surface area contributed by atoms with Crippen LogP contribution in [0.25, 0.3) is 0 Å². The molecule has 116 valence electrons. The Morgan fingerprint density at radius 1 is 1.38 bits per heavy atom. The minimum Gasteiger partial charge on any atom is -0.481 e. The molecule has 1 aromatic rings. The third-order valence-corrected chi connectivity index (χ3v) is 3.60. The van der Waals surface area contributed by atoms with Gasteiger partial charge in [-0.05, 0) is 12.8 Å². The van der Waals surface area contributed by atoms with Crippen LogP contribution in [0.1, 0.15) is 37.4 Å². The van der Waals surface area contributed by atoms with Crippen molar-refractivity contribution in [2.75, 3.05) is 6.54 Å². The van der Waals surface area contributed by atoms with Gasteiger partial charge in [-0.1, -0.05) is 18.0 Å². The lowest BCUT2D eigenvalue weighted by molar-refractivity contribution is -0.143. The van der Waals surface area contributed by atoms with Crippen LogP contribution in [0.2, 0.25) is 0 Å². The molecular formula is C13H20N4O4. The molecule has 2 amide bonds. The molecule has 1 fully saturated rings. The van der Waals surface area contributed by atoms with Crippen LogP contribution in [0.3, 0.4) is 0 Å². The zero-order chi connectivity index (χ0) is 15.2. The van der Waals surface area contributed by atoms with Crippen LogP contribution < -0.4 is 10.6 Å². The largest absolute Gasteiger partial charge is 0.481 e. The van der Waals surface area contributed by atoms with Crippen molar-refractivity contribution in [1.82, 2.24) is 20.8 Å². The number of carbonyl (C=O) groups is 2. The summed E-state index contributed by atoms with van der Waals surface area (Å²) in [4.78, 5) is 27.0. The second-order valence-corrected chi connectivity index (χ2v) is 5.22. The average Bonchev–Trinajstić information content (AvgIpc) is 2.85. The Morgan fingerprint density at radius 2 is 2.14 bits per heavy atom. The lowest BCUT2D eigenvalue weighted by Gasteiger charge is -2.29. The van der Waals surface area contributed by atoms with Crippen molar-refractivity contribution in [3.63, 3.8) is 0 Å². The summed E-state index contributed by atoms with van der Waals surface area (Å²) >= 11 is 0. The smallest absolute Gasteiger partial charge is 0.315 e. The van der Waals surface area contributed by atoms with Crippen LogP contribution in [0, 0.1) is 12.8 Å². The number of aliphatic carboxylic acids is 1. The van der Waals surface area contributed by atoms with Gasteiger partial charge in [0.05, 0.1) is 5.92 Å². The molecular weight excluding hydrogens is 276 g/mol. The topological polar surface area (TPSA) is 117 Å². The maximum Gasteiger partial charge on any atom is 0.315 e. The van der Waals surface area contributed by atoms with Crippen molar-refractivity contribution >= 4 is 12.0 Å². The lowest BCUT2D eigenvalue weighted by Crippen LogP contribution is -2.49. The SMILES string of the molecule is Cc1nc(CCNC(=O)NC2CCCCC2C(=O)O)no1. The van der Waals surface area contributed by atoms with Crippen LogP contribution in [-0.4, -0.2) is 39.8 Å². The minimum absolute atomic E-state index is 0.302. The zero-order valence-electron chi connectivity index (χ0n) is 12.0. The van der Waals surface area contributed by atoms with Gasteiger partial charge in [-0.15, -0.1) is 0 Å². The number of amides is 2. The molecule has 1 heterocycles. The van der Waals surface area contributed by atoms with E-state index in [-0.39, 0.29) is 12.1 Å². The van der Waals surface area contributed by atoms with Gasteiger partial charge >= 0.3 is 12.0 Å². The number of nitrogens with zero attached hydrogens (tertiary/aromatic N) is 2. The first-order valence-electron chi connectivity index (χ1n) is 7.12. The van der Waals surface area contributed by atoms with Gasteiger partial charge in [0.1, 0.15) is 0 Å². The molecule has 2 atom stereocenters. The van der Waals surface area contributed by atoms with Crippen molar-refractivity contribution in [2.24, 2.45) is 5.92 Å². The number of carbonyl (C=O) groups excluding carboxylic acids is 1. The molecule has 8 heteroatoms. The van der Waals surface area contributed by atoms with Gasteiger partial charge in [-0.2, -0.15) is 4.98 Å². The highest BCUT2D eigenvalue weighted by Crippen LogP contribution is 2.24. The molecule has 0 saturated heterocycles. The first kappa shape index (κ1) is 15.3. The summed E-state index contributed by atoms with van der Waals surface area (Å²) in [6, 6.07) is -0.656. The fourth-order valence-corrected chi connectivity index (χ4v) is 2.55. The Labute approximate surface area is 122 Å². The van der Waals surface area contributed by atoms with Crippen LogP contribution >= 0.6 is 0 Å². The van der Waals surface area contributed by atoms with Gasteiger partial charge in [-0.25, -0.2) is 4.79 Å². The number of carboxylic acids is 1. The standard InChI is InChI=1S/C13H20N4O4/c1-8-15-11(17-21-8)6-7-14-13(20)16-10-5-3-2-4-9(10)12(18)19/h9-10H,2-7H2,1H3,(H,18,19)(H2,14,16,20). The van der Waals surface area contributed by atoms with E-state index in [2.05, 4.69) is 20.8 Å². The molecule has 1 aromatic heterocycles. The molecule has 0 aliphatic heterocycles. The Kier molecular flexibility index (Phi) is 5.13. The zero-order valence-corrected chi connectivity index (χ0v) is 12.0. The van der Waals surface area contributed by atoms with Crippen molar-refractivity contribution in [3.05, 3.63) is 11.7 Å². The van der Waals surface area contributed by atoms with E-state index in [1.54, 1.807) is 6.92 Å². The highest BCUT2D eigenvalue weighted by atomic mass is 16.5. The molecule has 2 rings (SSSR count). The Morgan fingerprint density at radius 3 is 2.81 bits per heavy atom. The summed E-state index contributed by atoms with van der Waals surface area (Å²) in [5.41, 5.74) is 0. The van der Waals surface area contributed by atoms with Crippen LogP contribution in [-0.2, 0) is 11.2 Å². The molecule has 1 saturated carbocycles. The normalized spacial score (nSPS) is 21.8. The minimum atomic E-state index is -0.845. The number of nitrogens with one attached hydrogen (secondary N) is 2. The Hall–Kier alpha value is -2.12. The maximum absolute atomic E-state index is 11.8. The molecule has 1 aliphatic rings. The van der Waals surface area contributed by atoms with Crippen molar-refractivity contribution in [3.8, 4) is 0 Å². The van der Waals surface area contributed by atoms with E-state index in [9.17, 15) is 9.59 Å². The van der Waals surface area contributed by atoms with E-state index in [1.165, 1.54) is 0 Å². The second kappa shape index (κ2) is 7.05. The number of aromatic nitrogens is 2. The fraction of sp³-hybridized carbons (Fsp3) is 0.692. The molecule has 21 heavy (non-hydrogen) atoms. The van der Waals surface area contributed by atoms with Gasteiger partial charge in [0, 0.05) is 25.9 Å². The molecule has 0 radical (unpaired) electrons. The van der Waals surface area contributed by atoms with E-state index < -0.39 is 11.9 Å². The third kappa shape index (κ3) is 4.44. The molecule has 3 N–H and O–H groups in total. The average molecular weight is 296 g/mol. The second-order valence-electron chi connectivity index (χ2n) is 5.22. The monoisotopic (exact) mass is 296 g/mol. The third-order valence-electron chi connectivity index (χ3n) is 3.60. The predicted octanol–water partition coefficient (Wildman–Crippen LogP) is 0.863. The molecule has 0 bridgehead atoms. The number of carboxylic acid groups (broad SMARTS) is 1. The Balaban J connectivity index is 1.74. The van der Waals surface area contributed by atoms with E-state index in [0.29, 0.717) is 37.5 Å². The summed E-state index contributed by atoms with van der Waals surface area (Å²) in [6.45, 7) is 2.07. The number of urea groups is 1. The van der Waals surface area contributed by atoms with E-state index in [1.807, 2.05) is 0 Å².